The highest BCUT2D eigenvalue weighted by Gasteiger charge is 2.13. The summed E-state index contributed by atoms with van der Waals surface area (Å²) in [6, 6.07) is 3.62. The van der Waals surface area contributed by atoms with Gasteiger partial charge in [-0.2, -0.15) is 0 Å². The van der Waals surface area contributed by atoms with Crippen molar-refractivity contribution in [2.24, 2.45) is 0 Å². The zero-order valence-corrected chi connectivity index (χ0v) is 14.5. The lowest BCUT2D eigenvalue weighted by Crippen LogP contribution is -2.33. The second kappa shape index (κ2) is 7.77. The molecule has 0 aliphatic rings. The molecule has 0 atom stereocenters. The van der Waals surface area contributed by atoms with Crippen LogP contribution in [0, 0.1) is 6.92 Å². The quantitative estimate of drug-likeness (QED) is 0.914. The Bertz CT molecular complexity index is 779. The molecule has 0 radical (unpaired) electrons. The molecule has 0 spiro atoms. The molecule has 1 N–H and O–H groups in total. The summed E-state index contributed by atoms with van der Waals surface area (Å²) >= 11 is 0. The maximum absolute atomic E-state index is 12.1. The van der Waals surface area contributed by atoms with Crippen molar-refractivity contribution in [3.8, 4) is 16.9 Å². The Morgan fingerprint density at radius 1 is 1.21 bits per heavy atom. The van der Waals surface area contributed by atoms with Crippen molar-refractivity contribution < 1.29 is 9.53 Å². The van der Waals surface area contributed by atoms with Crippen LogP contribution in [-0.4, -0.2) is 34.1 Å². The Morgan fingerprint density at radius 3 is 2.54 bits per heavy atom. The molecule has 128 valence electrons. The first-order valence-corrected chi connectivity index (χ1v) is 8.15. The first-order valence-electron chi connectivity index (χ1n) is 8.15. The van der Waals surface area contributed by atoms with E-state index >= 15 is 0 Å². The van der Waals surface area contributed by atoms with Crippen molar-refractivity contribution in [1.29, 1.82) is 0 Å². The molecule has 0 aliphatic carbocycles. The lowest BCUT2D eigenvalue weighted by atomic mass is 10.0. The van der Waals surface area contributed by atoms with Crippen LogP contribution >= 0.6 is 0 Å². The van der Waals surface area contributed by atoms with Crippen LogP contribution in [0.15, 0.2) is 29.3 Å². The molecule has 6 nitrogen and oxygen atoms in total. The summed E-state index contributed by atoms with van der Waals surface area (Å²) in [4.78, 5) is 32.5. The zero-order valence-electron chi connectivity index (χ0n) is 14.5. The lowest BCUT2D eigenvalue weighted by molar-refractivity contribution is 0.157. The van der Waals surface area contributed by atoms with Crippen molar-refractivity contribution in [3.63, 3.8) is 0 Å². The van der Waals surface area contributed by atoms with Gasteiger partial charge >= 0.3 is 6.09 Å². The van der Waals surface area contributed by atoms with Crippen LogP contribution in [-0.2, 0) is 6.42 Å². The Kier molecular flexibility index (Phi) is 5.73. The largest absolute Gasteiger partial charge is 0.415 e. The fourth-order valence-corrected chi connectivity index (χ4v) is 2.50. The number of carbonyl (C=O) groups excluding carboxylic acids is 1. The highest BCUT2D eigenvalue weighted by molar-refractivity contribution is 5.72. The van der Waals surface area contributed by atoms with E-state index in [9.17, 15) is 9.59 Å². The van der Waals surface area contributed by atoms with Crippen LogP contribution in [0.1, 0.15) is 32.0 Å². The van der Waals surface area contributed by atoms with Gasteiger partial charge < -0.3 is 14.6 Å². The Balaban J connectivity index is 2.34. The number of pyridine rings is 2. The number of hydrogen-bond acceptors (Lipinski definition) is 4. The molecule has 0 aromatic carbocycles. The molecule has 0 saturated heterocycles. The predicted molar refractivity (Wildman–Crippen MR) is 93.4 cm³/mol. The van der Waals surface area contributed by atoms with Gasteiger partial charge in [0.05, 0.1) is 6.20 Å². The first-order chi connectivity index (χ1) is 11.5. The smallest absolute Gasteiger partial charge is 0.409 e. The number of aromatic nitrogens is 2. The minimum absolute atomic E-state index is 0.0733. The zero-order chi connectivity index (χ0) is 17.7. The van der Waals surface area contributed by atoms with Gasteiger partial charge in [0.25, 0.3) is 5.56 Å². The number of carbonyl (C=O) groups is 1. The van der Waals surface area contributed by atoms with E-state index in [0.29, 0.717) is 30.8 Å². The fraction of sp³-hybridized carbons (Fsp3) is 0.389. The molecule has 6 heteroatoms. The number of aromatic amines is 1. The van der Waals surface area contributed by atoms with Crippen LogP contribution < -0.4 is 10.3 Å². The van der Waals surface area contributed by atoms with Gasteiger partial charge in [-0.25, -0.2) is 4.79 Å². The van der Waals surface area contributed by atoms with Crippen molar-refractivity contribution in [2.45, 2.75) is 34.1 Å². The topological polar surface area (TPSA) is 75.3 Å². The first kappa shape index (κ1) is 17.7. The summed E-state index contributed by atoms with van der Waals surface area (Å²) in [6.07, 6.45) is 3.44. The summed E-state index contributed by atoms with van der Waals surface area (Å²) < 4.78 is 5.39. The van der Waals surface area contributed by atoms with Crippen LogP contribution in [0.2, 0.25) is 0 Å². The van der Waals surface area contributed by atoms with E-state index in [2.05, 4.69) is 9.97 Å². The average Bonchev–Trinajstić information content (AvgIpc) is 2.56. The highest BCUT2D eigenvalue weighted by Crippen LogP contribution is 2.25. The number of nitrogens with one attached hydrogen (secondary N) is 1. The number of H-pyrrole nitrogens is 1. The third-order valence-electron chi connectivity index (χ3n) is 3.95. The van der Waals surface area contributed by atoms with Gasteiger partial charge in [0, 0.05) is 41.7 Å². The number of nitrogens with zero attached hydrogens (tertiary/aromatic N) is 2. The van der Waals surface area contributed by atoms with Gasteiger partial charge in [0.1, 0.15) is 0 Å². The van der Waals surface area contributed by atoms with Crippen LogP contribution in [0.25, 0.3) is 11.1 Å². The Hall–Kier alpha value is -2.63. The third kappa shape index (κ3) is 3.82. The molecular weight excluding hydrogens is 306 g/mol. The molecule has 2 aromatic heterocycles. The van der Waals surface area contributed by atoms with Crippen LogP contribution in [0.3, 0.4) is 0 Å². The van der Waals surface area contributed by atoms with Crippen molar-refractivity contribution in [1.82, 2.24) is 14.9 Å². The molecule has 0 bridgehead atoms. The Labute approximate surface area is 141 Å². The molecule has 1 amide bonds. The third-order valence-corrected chi connectivity index (χ3v) is 3.95. The number of ether oxygens (including phenoxy) is 1. The maximum atomic E-state index is 12.1. The summed E-state index contributed by atoms with van der Waals surface area (Å²) in [5, 5.41) is 0. The summed E-state index contributed by atoms with van der Waals surface area (Å²) in [7, 11) is 0. The molecule has 2 heterocycles. The molecule has 24 heavy (non-hydrogen) atoms. The monoisotopic (exact) mass is 329 g/mol. The van der Waals surface area contributed by atoms with Gasteiger partial charge in [0.2, 0.25) is 0 Å². The second-order valence-corrected chi connectivity index (χ2v) is 5.47. The number of hydrogen-bond donors (Lipinski definition) is 1. The molecular formula is C18H23N3O3. The number of rotatable bonds is 5. The van der Waals surface area contributed by atoms with E-state index in [-0.39, 0.29) is 5.56 Å². The average molecular weight is 329 g/mol. The normalized spacial score (nSPS) is 10.5. The number of amides is 1. The van der Waals surface area contributed by atoms with Crippen molar-refractivity contribution in [2.75, 3.05) is 13.1 Å². The Morgan fingerprint density at radius 2 is 1.92 bits per heavy atom. The molecule has 0 unspecified atom stereocenters. The van der Waals surface area contributed by atoms with Gasteiger partial charge in [-0.05, 0) is 39.3 Å². The van der Waals surface area contributed by atoms with E-state index in [1.165, 1.54) is 6.20 Å². The SMILES string of the molecule is CCc1cc(-c2cncc(OC(=O)N(CC)CC)c2)c(C)[nH]c1=O. The molecule has 0 saturated carbocycles. The highest BCUT2D eigenvalue weighted by atomic mass is 16.6. The molecule has 2 aromatic rings. The van der Waals surface area contributed by atoms with E-state index in [1.54, 1.807) is 17.2 Å². The molecule has 0 aliphatic heterocycles. The van der Waals surface area contributed by atoms with Gasteiger partial charge in [-0.15, -0.1) is 0 Å². The summed E-state index contributed by atoms with van der Waals surface area (Å²) in [5.41, 5.74) is 3.06. The van der Waals surface area contributed by atoms with Crippen molar-refractivity contribution in [3.05, 3.63) is 46.1 Å². The van der Waals surface area contributed by atoms with E-state index in [0.717, 1.165) is 16.8 Å². The fourth-order valence-electron chi connectivity index (χ4n) is 2.50. The standard InChI is InChI=1S/C18H23N3O3/c1-5-13-9-16(12(4)20-17(13)22)14-8-15(11-19-10-14)24-18(23)21(6-2)7-3/h8-11H,5-7H2,1-4H3,(H,20,22). The molecule has 0 fully saturated rings. The van der Waals surface area contributed by atoms with Gasteiger partial charge in [0.15, 0.2) is 5.75 Å². The minimum atomic E-state index is -0.397. The lowest BCUT2D eigenvalue weighted by Gasteiger charge is -2.18. The maximum Gasteiger partial charge on any atom is 0.415 e. The van der Waals surface area contributed by atoms with Crippen LogP contribution in [0.5, 0.6) is 5.75 Å². The molecule has 2 rings (SSSR count). The minimum Gasteiger partial charge on any atom is -0.409 e. The second-order valence-electron chi connectivity index (χ2n) is 5.47. The van der Waals surface area contributed by atoms with E-state index < -0.39 is 6.09 Å². The number of aryl methyl sites for hydroxylation is 2. The van der Waals surface area contributed by atoms with Gasteiger partial charge in [-0.1, -0.05) is 6.92 Å². The van der Waals surface area contributed by atoms with Gasteiger partial charge in [-0.3, -0.25) is 9.78 Å². The van der Waals surface area contributed by atoms with E-state index in [1.807, 2.05) is 33.8 Å². The van der Waals surface area contributed by atoms with E-state index in [4.69, 9.17) is 4.74 Å². The van der Waals surface area contributed by atoms with Crippen LogP contribution in [0.4, 0.5) is 4.79 Å². The van der Waals surface area contributed by atoms with Crippen molar-refractivity contribution >= 4 is 6.09 Å². The summed E-state index contributed by atoms with van der Waals surface area (Å²) in [6.45, 7) is 8.74. The predicted octanol–water partition coefficient (Wildman–Crippen LogP) is 3.15. The summed E-state index contributed by atoms with van der Waals surface area (Å²) in [5.74, 6) is 0.382.